The van der Waals surface area contributed by atoms with Crippen molar-refractivity contribution in [1.82, 2.24) is 10.6 Å². The maximum absolute atomic E-state index is 14.2. The Hall–Kier alpha value is -1.62. The Balaban J connectivity index is 2.78. The first kappa shape index (κ1) is 17.4. The normalized spacial score (nSPS) is 10.8. The van der Waals surface area contributed by atoms with E-state index in [0.717, 1.165) is 12.1 Å². The minimum absolute atomic E-state index is 0.0866. The van der Waals surface area contributed by atoms with Crippen LogP contribution in [0.15, 0.2) is 18.2 Å². The van der Waals surface area contributed by atoms with Crippen molar-refractivity contribution in [3.05, 3.63) is 29.6 Å². The van der Waals surface area contributed by atoms with Crippen LogP contribution in [0, 0.1) is 5.82 Å². The largest absolute Gasteiger partial charge is 0.360 e. The van der Waals surface area contributed by atoms with Gasteiger partial charge in [0.15, 0.2) is 0 Å². The smallest absolute Gasteiger partial charge is 0.239 e. The van der Waals surface area contributed by atoms with Gasteiger partial charge in [-0.15, -0.1) is 0 Å². The fourth-order valence-electron chi connectivity index (χ4n) is 2.09. The van der Waals surface area contributed by atoms with Gasteiger partial charge in [0.2, 0.25) is 5.91 Å². The maximum atomic E-state index is 14.2. The van der Waals surface area contributed by atoms with Crippen LogP contribution < -0.4 is 15.5 Å². The highest BCUT2D eigenvalue weighted by atomic mass is 19.1. The Morgan fingerprint density at radius 1 is 1.33 bits per heavy atom. The minimum Gasteiger partial charge on any atom is -0.360 e. The van der Waals surface area contributed by atoms with Gasteiger partial charge >= 0.3 is 0 Å². The van der Waals surface area contributed by atoms with Crippen molar-refractivity contribution in [3.63, 3.8) is 0 Å². The van der Waals surface area contributed by atoms with Gasteiger partial charge in [-0.2, -0.15) is 0 Å². The number of rotatable bonds is 8. The van der Waals surface area contributed by atoms with E-state index in [-0.39, 0.29) is 24.3 Å². The van der Waals surface area contributed by atoms with E-state index in [9.17, 15) is 9.18 Å². The highest BCUT2D eigenvalue weighted by Gasteiger charge is 2.14. The lowest BCUT2D eigenvalue weighted by molar-refractivity contribution is -0.120. The minimum atomic E-state index is -0.287. The summed E-state index contributed by atoms with van der Waals surface area (Å²) in [5.41, 5.74) is 1.37. The predicted molar refractivity (Wildman–Crippen MR) is 84.9 cm³/mol. The number of amides is 1. The van der Waals surface area contributed by atoms with Crippen LogP contribution in [0.25, 0.3) is 0 Å². The van der Waals surface area contributed by atoms with E-state index >= 15 is 0 Å². The lowest BCUT2D eigenvalue weighted by atomic mass is 10.1. The molecule has 5 heteroatoms. The third-order valence-corrected chi connectivity index (χ3v) is 3.10. The first-order chi connectivity index (χ1) is 9.97. The van der Waals surface area contributed by atoms with E-state index in [4.69, 9.17) is 0 Å². The second-order valence-corrected chi connectivity index (χ2v) is 5.30. The molecule has 1 aromatic carbocycles. The molecule has 0 aromatic heterocycles. The molecule has 0 saturated carbocycles. The fraction of sp³-hybridized carbons (Fsp3) is 0.562. The zero-order valence-corrected chi connectivity index (χ0v) is 13.4. The average molecular weight is 295 g/mol. The van der Waals surface area contributed by atoms with Crippen molar-refractivity contribution in [2.45, 2.75) is 40.3 Å². The second-order valence-electron chi connectivity index (χ2n) is 5.30. The molecule has 21 heavy (non-hydrogen) atoms. The molecule has 1 aromatic rings. The summed E-state index contributed by atoms with van der Waals surface area (Å²) in [6.45, 7) is 9.97. The van der Waals surface area contributed by atoms with Crippen molar-refractivity contribution in [2.24, 2.45) is 0 Å². The molecule has 0 radical (unpaired) electrons. The second kappa shape index (κ2) is 8.62. The summed E-state index contributed by atoms with van der Waals surface area (Å²) >= 11 is 0. The molecule has 0 aliphatic carbocycles. The highest BCUT2D eigenvalue weighted by Crippen LogP contribution is 2.20. The standard InChI is InChI=1S/C16H26FN3O/c1-5-18-10-13-7-8-15(14(17)9-13)20(6-2)11-16(21)19-12(3)4/h7-9,12,18H,5-6,10-11H2,1-4H3,(H,19,21). The van der Waals surface area contributed by atoms with Gasteiger partial charge < -0.3 is 15.5 Å². The summed E-state index contributed by atoms with van der Waals surface area (Å²) in [7, 11) is 0. The van der Waals surface area contributed by atoms with E-state index in [1.807, 2.05) is 33.8 Å². The van der Waals surface area contributed by atoms with Gasteiger partial charge in [-0.05, 0) is 45.0 Å². The molecule has 2 N–H and O–H groups in total. The molecule has 0 unspecified atom stereocenters. The molecule has 118 valence electrons. The van der Waals surface area contributed by atoms with Gasteiger partial charge in [0.25, 0.3) is 0 Å². The summed E-state index contributed by atoms with van der Waals surface area (Å²) in [4.78, 5) is 13.6. The van der Waals surface area contributed by atoms with Crippen LogP contribution in [-0.4, -0.2) is 31.6 Å². The number of nitrogens with zero attached hydrogens (tertiary/aromatic N) is 1. The molecular formula is C16H26FN3O. The topological polar surface area (TPSA) is 44.4 Å². The van der Waals surface area contributed by atoms with Gasteiger partial charge in [0, 0.05) is 19.1 Å². The van der Waals surface area contributed by atoms with Crippen molar-refractivity contribution >= 4 is 11.6 Å². The molecule has 0 spiro atoms. The van der Waals surface area contributed by atoms with Crippen LogP contribution >= 0.6 is 0 Å². The van der Waals surface area contributed by atoms with Crippen molar-refractivity contribution in [3.8, 4) is 0 Å². The first-order valence-corrected chi connectivity index (χ1v) is 7.51. The summed E-state index contributed by atoms with van der Waals surface area (Å²) < 4.78 is 14.2. The number of benzene rings is 1. The third kappa shape index (κ3) is 5.71. The Kier molecular flexibility index (Phi) is 7.15. The molecule has 0 atom stereocenters. The molecule has 0 bridgehead atoms. The molecule has 0 heterocycles. The lowest BCUT2D eigenvalue weighted by Gasteiger charge is -2.24. The van der Waals surface area contributed by atoms with Crippen LogP contribution in [0.4, 0.5) is 10.1 Å². The summed E-state index contributed by atoms with van der Waals surface area (Å²) in [5, 5.41) is 5.99. The van der Waals surface area contributed by atoms with Crippen LogP contribution in [0.3, 0.4) is 0 Å². The van der Waals surface area contributed by atoms with Crippen molar-refractivity contribution in [1.29, 1.82) is 0 Å². The van der Waals surface area contributed by atoms with Crippen LogP contribution in [0.2, 0.25) is 0 Å². The van der Waals surface area contributed by atoms with E-state index in [0.29, 0.717) is 18.8 Å². The molecule has 0 aliphatic heterocycles. The molecular weight excluding hydrogens is 269 g/mol. The lowest BCUT2D eigenvalue weighted by Crippen LogP contribution is -2.40. The zero-order valence-electron chi connectivity index (χ0n) is 13.4. The van der Waals surface area contributed by atoms with Crippen molar-refractivity contribution in [2.75, 3.05) is 24.5 Å². The Morgan fingerprint density at radius 2 is 2.05 bits per heavy atom. The van der Waals surface area contributed by atoms with Gasteiger partial charge in [-0.1, -0.05) is 13.0 Å². The van der Waals surface area contributed by atoms with E-state index in [1.165, 1.54) is 6.07 Å². The number of likely N-dealkylation sites (N-methyl/N-ethyl adjacent to an activating group) is 1. The average Bonchev–Trinajstić information content (AvgIpc) is 2.42. The first-order valence-electron chi connectivity index (χ1n) is 7.51. The van der Waals surface area contributed by atoms with Gasteiger partial charge in [-0.25, -0.2) is 4.39 Å². The summed E-state index contributed by atoms with van der Waals surface area (Å²) in [6.07, 6.45) is 0. The van der Waals surface area contributed by atoms with Crippen LogP contribution in [0.1, 0.15) is 33.3 Å². The summed E-state index contributed by atoms with van der Waals surface area (Å²) in [5.74, 6) is -0.382. The van der Waals surface area contributed by atoms with Crippen molar-refractivity contribution < 1.29 is 9.18 Å². The number of anilines is 1. The van der Waals surface area contributed by atoms with Gasteiger partial charge in [0.1, 0.15) is 5.82 Å². The monoisotopic (exact) mass is 295 g/mol. The Labute approximate surface area is 126 Å². The van der Waals surface area contributed by atoms with Gasteiger partial charge in [-0.3, -0.25) is 4.79 Å². The number of carbonyl (C=O) groups excluding carboxylic acids is 1. The number of hydrogen-bond donors (Lipinski definition) is 2. The molecule has 1 amide bonds. The van der Waals surface area contributed by atoms with E-state index in [1.54, 1.807) is 11.0 Å². The van der Waals surface area contributed by atoms with Crippen LogP contribution in [-0.2, 0) is 11.3 Å². The molecule has 0 aliphatic rings. The zero-order chi connectivity index (χ0) is 15.8. The number of halogens is 1. The Bertz CT molecular complexity index is 463. The van der Waals surface area contributed by atoms with E-state index < -0.39 is 0 Å². The number of carbonyl (C=O) groups is 1. The van der Waals surface area contributed by atoms with E-state index in [2.05, 4.69) is 10.6 Å². The molecule has 1 rings (SSSR count). The molecule has 0 saturated heterocycles. The number of nitrogens with one attached hydrogen (secondary N) is 2. The highest BCUT2D eigenvalue weighted by molar-refractivity contribution is 5.81. The Morgan fingerprint density at radius 3 is 2.57 bits per heavy atom. The maximum Gasteiger partial charge on any atom is 0.239 e. The molecule has 4 nitrogen and oxygen atoms in total. The SMILES string of the molecule is CCNCc1ccc(N(CC)CC(=O)NC(C)C)c(F)c1. The fourth-order valence-corrected chi connectivity index (χ4v) is 2.09. The predicted octanol–water partition coefficient (Wildman–Crippen LogP) is 2.29. The number of hydrogen-bond acceptors (Lipinski definition) is 3. The molecule has 0 fully saturated rings. The quantitative estimate of drug-likeness (QED) is 0.773. The third-order valence-electron chi connectivity index (χ3n) is 3.10. The van der Waals surface area contributed by atoms with Gasteiger partial charge in [0.05, 0.1) is 12.2 Å². The summed E-state index contributed by atoms with van der Waals surface area (Å²) in [6, 6.07) is 5.25. The van der Waals surface area contributed by atoms with Crippen LogP contribution in [0.5, 0.6) is 0 Å².